The number of carbonyl (C=O) groups excluding carboxylic acids is 1. The van der Waals surface area contributed by atoms with Crippen LogP contribution >= 0.6 is 0 Å². The SMILES string of the molecule is O=C(Cn1cnc2ccccc2c1=O)Nc1cc(N2CCN(Cc3ccccc3)CC2)ncn1. The first-order chi connectivity index (χ1) is 16.7. The van der Waals surface area contributed by atoms with Crippen LogP contribution in [-0.2, 0) is 17.9 Å². The number of carbonyl (C=O) groups is 1. The van der Waals surface area contributed by atoms with Crippen molar-refractivity contribution in [1.82, 2.24) is 24.4 Å². The Labute approximate surface area is 196 Å². The Kier molecular flexibility index (Phi) is 6.26. The van der Waals surface area contributed by atoms with Gasteiger partial charge in [0.15, 0.2) is 0 Å². The number of benzene rings is 2. The van der Waals surface area contributed by atoms with E-state index in [0.717, 1.165) is 38.5 Å². The molecule has 0 saturated carbocycles. The topological polar surface area (TPSA) is 96.2 Å². The average molecular weight is 456 g/mol. The van der Waals surface area contributed by atoms with Gasteiger partial charge in [-0.25, -0.2) is 15.0 Å². The first-order valence-corrected chi connectivity index (χ1v) is 11.2. The highest BCUT2D eigenvalue weighted by atomic mass is 16.2. The fraction of sp³-hybridized carbons (Fsp3) is 0.240. The predicted octanol–water partition coefficient (Wildman–Crippen LogP) is 2.15. The predicted molar refractivity (Wildman–Crippen MR) is 131 cm³/mol. The fourth-order valence-corrected chi connectivity index (χ4v) is 4.12. The van der Waals surface area contributed by atoms with E-state index in [1.165, 1.54) is 22.8 Å². The number of amides is 1. The van der Waals surface area contributed by atoms with Crippen LogP contribution in [0, 0.1) is 0 Å². The van der Waals surface area contributed by atoms with E-state index in [-0.39, 0.29) is 18.0 Å². The lowest BCUT2D eigenvalue weighted by atomic mass is 10.2. The van der Waals surface area contributed by atoms with Gasteiger partial charge >= 0.3 is 0 Å². The molecule has 0 atom stereocenters. The number of hydrogen-bond donors (Lipinski definition) is 1. The summed E-state index contributed by atoms with van der Waals surface area (Å²) < 4.78 is 1.30. The molecule has 9 nitrogen and oxygen atoms in total. The minimum absolute atomic E-state index is 0.145. The van der Waals surface area contributed by atoms with Crippen LogP contribution in [0.3, 0.4) is 0 Å². The second-order valence-electron chi connectivity index (χ2n) is 8.25. The van der Waals surface area contributed by atoms with E-state index >= 15 is 0 Å². The summed E-state index contributed by atoms with van der Waals surface area (Å²) in [4.78, 5) is 42.7. The summed E-state index contributed by atoms with van der Waals surface area (Å²) in [7, 11) is 0. The summed E-state index contributed by atoms with van der Waals surface area (Å²) in [5, 5.41) is 3.25. The molecule has 1 saturated heterocycles. The van der Waals surface area contributed by atoms with E-state index < -0.39 is 0 Å². The van der Waals surface area contributed by atoms with E-state index in [4.69, 9.17) is 0 Å². The molecule has 1 N–H and O–H groups in total. The van der Waals surface area contributed by atoms with Gasteiger partial charge in [0.1, 0.15) is 24.5 Å². The highest BCUT2D eigenvalue weighted by molar-refractivity contribution is 5.90. The molecule has 1 amide bonds. The minimum Gasteiger partial charge on any atom is -0.354 e. The second-order valence-corrected chi connectivity index (χ2v) is 8.25. The minimum atomic E-state index is -0.350. The van der Waals surface area contributed by atoms with Crippen LogP contribution in [0.5, 0.6) is 0 Å². The number of nitrogens with zero attached hydrogens (tertiary/aromatic N) is 6. The number of piperazine rings is 1. The lowest BCUT2D eigenvalue weighted by Crippen LogP contribution is -2.46. The number of rotatable bonds is 6. The van der Waals surface area contributed by atoms with Crippen molar-refractivity contribution in [3.05, 3.63) is 89.2 Å². The number of fused-ring (bicyclic) bond motifs is 1. The van der Waals surface area contributed by atoms with Gasteiger partial charge in [-0.15, -0.1) is 0 Å². The molecule has 1 aliphatic heterocycles. The van der Waals surface area contributed by atoms with Crippen molar-refractivity contribution in [3.8, 4) is 0 Å². The van der Waals surface area contributed by atoms with Gasteiger partial charge in [0.2, 0.25) is 5.91 Å². The van der Waals surface area contributed by atoms with Crippen molar-refractivity contribution >= 4 is 28.4 Å². The Morgan fingerprint density at radius 2 is 1.68 bits per heavy atom. The van der Waals surface area contributed by atoms with Crippen molar-refractivity contribution in [2.75, 3.05) is 36.4 Å². The zero-order valence-electron chi connectivity index (χ0n) is 18.7. The number of nitrogens with one attached hydrogen (secondary N) is 1. The quantitative estimate of drug-likeness (QED) is 0.476. The molecule has 9 heteroatoms. The van der Waals surface area contributed by atoms with Crippen molar-refractivity contribution in [3.63, 3.8) is 0 Å². The summed E-state index contributed by atoms with van der Waals surface area (Å²) in [6, 6.07) is 19.3. The first kappa shape index (κ1) is 21.7. The average Bonchev–Trinajstić information content (AvgIpc) is 2.87. The van der Waals surface area contributed by atoms with Crippen LogP contribution in [0.15, 0.2) is 78.1 Å². The molecule has 1 fully saturated rings. The summed E-state index contributed by atoms with van der Waals surface area (Å²) in [5.41, 5.74) is 1.66. The Bertz CT molecular complexity index is 1350. The molecular weight excluding hydrogens is 430 g/mol. The molecule has 0 radical (unpaired) electrons. The molecule has 34 heavy (non-hydrogen) atoms. The third kappa shape index (κ3) is 4.94. The number of para-hydroxylation sites is 1. The van der Waals surface area contributed by atoms with Gasteiger partial charge in [0, 0.05) is 38.8 Å². The van der Waals surface area contributed by atoms with Crippen molar-refractivity contribution in [2.24, 2.45) is 0 Å². The maximum absolute atomic E-state index is 12.6. The van der Waals surface area contributed by atoms with E-state index in [1.807, 2.05) is 12.1 Å². The molecule has 0 bridgehead atoms. The van der Waals surface area contributed by atoms with Crippen LogP contribution < -0.4 is 15.8 Å². The van der Waals surface area contributed by atoms with E-state index in [2.05, 4.69) is 54.3 Å². The van der Waals surface area contributed by atoms with E-state index in [0.29, 0.717) is 16.7 Å². The highest BCUT2D eigenvalue weighted by Gasteiger charge is 2.19. The third-order valence-corrected chi connectivity index (χ3v) is 5.91. The van der Waals surface area contributed by atoms with Crippen molar-refractivity contribution < 1.29 is 4.79 Å². The monoisotopic (exact) mass is 455 g/mol. The van der Waals surface area contributed by atoms with E-state index in [1.54, 1.807) is 24.3 Å². The Morgan fingerprint density at radius 3 is 2.50 bits per heavy atom. The second kappa shape index (κ2) is 9.80. The Hall–Kier alpha value is -4.11. The van der Waals surface area contributed by atoms with Gasteiger partial charge in [-0.1, -0.05) is 42.5 Å². The van der Waals surface area contributed by atoms with Gasteiger partial charge in [-0.3, -0.25) is 19.1 Å². The van der Waals surface area contributed by atoms with E-state index in [9.17, 15) is 9.59 Å². The van der Waals surface area contributed by atoms with Gasteiger partial charge in [0.05, 0.1) is 17.2 Å². The molecule has 3 heterocycles. The number of anilines is 2. The molecular formula is C25H25N7O2. The number of hydrogen-bond acceptors (Lipinski definition) is 7. The molecule has 4 aromatic rings. The normalized spacial score (nSPS) is 14.3. The number of aromatic nitrogens is 4. The molecule has 172 valence electrons. The molecule has 2 aromatic heterocycles. The maximum Gasteiger partial charge on any atom is 0.261 e. The molecule has 1 aliphatic rings. The zero-order valence-corrected chi connectivity index (χ0v) is 18.7. The van der Waals surface area contributed by atoms with Crippen molar-refractivity contribution in [2.45, 2.75) is 13.1 Å². The van der Waals surface area contributed by atoms with Gasteiger partial charge in [0.25, 0.3) is 5.56 Å². The van der Waals surface area contributed by atoms with Crippen LogP contribution in [0.1, 0.15) is 5.56 Å². The largest absolute Gasteiger partial charge is 0.354 e. The zero-order chi connectivity index (χ0) is 23.3. The standard InChI is InChI=1S/C25H25N7O2/c33-24(16-32-18-28-21-9-5-4-8-20(21)25(32)34)29-22-14-23(27-17-26-22)31-12-10-30(11-13-31)15-19-6-2-1-3-7-19/h1-9,14,17-18H,10-13,15-16H2,(H,26,27,29,33). The molecule has 2 aromatic carbocycles. The highest BCUT2D eigenvalue weighted by Crippen LogP contribution is 2.17. The summed E-state index contributed by atoms with van der Waals surface area (Å²) in [6.07, 6.45) is 2.84. The first-order valence-electron chi connectivity index (χ1n) is 11.2. The maximum atomic E-state index is 12.6. The van der Waals surface area contributed by atoms with Crippen LogP contribution in [-0.4, -0.2) is 56.5 Å². The van der Waals surface area contributed by atoms with Crippen LogP contribution in [0.2, 0.25) is 0 Å². The summed E-state index contributed by atoms with van der Waals surface area (Å²) in [6.45, 7) is 4.33. The Morgan fingerprint density at radius 1 is 0.912 bits per heavy atom. The smallest absolute Gasteiger partial charge is 0.261 e. The van der Waals surface area contributed by atoms with Gasteiger partial charge < -0.3 is 10.2 Å². The third-order valence-electron chi connectivity index (χ3n) is 5.91. The molecule has 0 aliphatic carbocycles. The molecule has 0 spiro atoms. The summed E-state index contributed by atoms with van der Waals surface area (Å²) in [5.74, 6) is 0.828. The van der Waals surface area contributed by atoms with Crippen molar-refractivity contribution in [1.29, 1.82) is 0 Å². The van der Waals surface area contributed by atoms with Gasteiger partial charge in [-0.2, -0.15) is 0 Å². The lowest BCUT2D eigenvalue weighted by Gasteiger charge is -2.35. The van der Waals surface area contributed by atoms with Crippen LogP contribution in [0.25, 0.3) is 10.9 Å². The van der Waals surface area contributed by atoms with Gasteiger partial charge in [-0.05, 0) is 17.7 Å². The Balaban J connectivity index is 1.20. The summed E-state index contributed by atoms with van der Waals surface area (Å²) >= 11 is 0. The lowest BCUT2D eigenvalue weighted by molar-refractivity contribution is -0.116. The molecule has 5 rings (SSSR count). The molecule has 0 unspecified atom stereocenters. The van der Waals surface area contributed by atoms with Crippen LogP contribution in [0.4, 0.5) is 11.6 Å². The fourth-order valence-electron chi connectivity index (χ4n) is 4.12.